The molecule has 4 nitrogen and oxygen atoms in total. The van der Waals surface area contributed by atoms with Gasteiger partial charge in [-0.05, 0) is 54.3 Å². The Morgan fingerprint density at radius 1 is 1.00 bits per heavy atom. The van der Waals surface area contributed by atoms with Gasteiger partial charge in [-0.1, -0.05) is 36.4 Å². The Hall–Kier alpha value is -3.47. The van der Waals surface area contributed by atoms with E-state index in [1.807, 2.05) is 48.5 Å². The highest BCUT2D eigenvalue weighted by molar-refractivity contribution is 5.98. The van der Waals surface area contributed by atoms with Gasteiger partial charge in [0, 0.05) is 11.5 Å². The first-order chi connectivity index (χ1) is 13.7. The zero-order chi connectivity index (χ0) is 19.1. The maximum atomic E-state index is 13.1. The number of amides is 1. The van der Waals surface area contributed by atoms with E-state index in [2.05, 4.69) is 15.3 Å². The number of nitrogens with zero attached hydrogens (tertiary/aromatic N) is 1. The monoisotopic (exact) mass is 371 g/mol. The molecule has 0 spiro atoms. The molecule has 2 N–H and O–H groups in total. The van der Waals surface area contributed by atoms with Crippen LogP contribution in [0.3, 0.4) is 0 Å². The number of benzene rings is 3. The lowest BCUT2D eigenvalue weighted by molar-refractivity contribution is -0.117. The van der Waals surface area contributed by atoms with E-state index in [0.717, 1.165) is 40.1 Å². The molecule has 0 saturated heterocycles. The average molecular weight is 371 g/mol. The lowest BCUT2D eigenvalue weighted by atomic mass is 10.1. The minimum Gasteiger partial charge on any atom is -0.338 e. The molecule has 4 aromatic rings. The summed E-state index contributed by atoms with van der Waals surface area (Å²) in [4.78, 5) is 20.7. The van der Waals surface area contributed by atoms with Gasteiger partial charge in [-0.2, -0.15) is 0 Å². The van der Waals surface area contributed by atoms with E-state index in [1.54, 1.807) is 12.1 Å². The molecule has 1 amide bonds. The molecule has 0 aliphatic heterocycles. The van der Waals surface area contributed by atoms with Gasteiger partial charge in [0.25, 0.3) is 0 Å². The van der Waals surface area contributed by atoms with E-state index in [9.17, 15) is 9.18 Å². The summed E-state index contributed by atoms with van der Waals surface area (Å²) in [6.45, 7) is 0. The summed E-state index contributed by atoms with van der Waals surface area (Å²) in [6.07, 6.45) is 0.782. The van der Waals surface area contributed by atoms with Crippen molar-refractivity contribution in [2.24, 2.45) is 5.92 Å². The van der Waals surface area contributed by atoms with E-state index >= 15 is 0 Å². The lowest BCUT2D eigenvalue weighted by Crippen LogP contribution is -2.15. The number of hydrogen-bond acceptors (Lipinski definition) is 2. The first kappa shape index (κ1) is 16.7. The molecule has 2 atom stereocenters. The van der Waals surface area contributed by atoms with Gasteiger partial charge in [0.2, 0.25) is 5.91 Å². The van der Waals surface area contributed by atoms with Crippen molar-refractivity contribution >= 4 is 22.6 Å². The minimum atomic E-state index is -0.259. The van der Waals surface area contributed by atoms with Crippen LogP contribution < -0.4 is 5.32 Å². The molecule has 0 bridgehead atoms. The number of imidazole rings is 1. The number of fused-ring (bicyclic) bond motifs is 1. The average Bonchev–Trinajstić information content (AvgIpc) is 3.40. The Kier molecular flexibility index (Phi) is 3.93. The fourth-order valence-corrected chi connectivity index (χ4v) is 3.67. The fraction of sp³-hybridized carbons (Fsp3) is 0.130. The van der Waals surface area contributed by atoms with Crippen LogP contribution in [0.2, 0.25) is 0 Å². The predicted octanol–water partition coefficient (Wildman–Crippen LogP) is 5.11. The van der Waals surface area contributed by atoms with Crippen LogP contribution in [0, 0.1) is 11.7 Å². The molecule has 1 heterocycles. The molecule has 1 aliphatic carbocycles. The van der Waals surface area contributed by atoms with Crippen LogP contribution in [0.4, 0.5) is 10.1 Å². The van der Waals surface area contributed by atoms with E-state index in [-0.39, 0.29) is 23.6 Å². The maximum absolute atomic E-state index is 13.1. The van der Waals surface area contributed by atoms with Gasteiger partial charge in [0.15, 0.2) is 0 Å². The van der Waals surface area contributed by atoms with Crippen molar-refractivity contribution in [2.45, 2.75) is 12.3 Å². The second kappa shape index (κ2) is 6.60. The predicted molar refractivity (Wildman–Crippen MR) is 107 cm³/mol. The smallest absolute Gasteiger partial charge is 0.228 e. The number of rotatable bonds is 4. The van der Waals surface area contributed by atoms with Crippen LogP contribution in [0.1, 0.15) is 17.9 Å². The molecule has 1 fully saturated rings. The topological polar surface area (TPSA) is 57.8 Å². The summed E-state index contributed by atoms with van der Waals surface area (Å²) in [5, 5.41) is 3.05. The molecular weight excluding hydrogens is 353 g/mol. The van der Waals surface area contributed by atoms with Crippen molar-refractivity contribution in [3.8, 4) is 11.4 Å². The zero-order valence-corrected chi connectivity index (χ0v) is 15.0. The van der Waals surface area contributed by atoms with Crippen molar-refractivity contribution in [3.63, 3.8) is 0 Å². The van der Waals surface area contributed by atoms with Gasteiger partial charge >= 0.3 is 0 Å². The summed E-state index contributed by atoms with van der Waals surface area (Å²) in [5.74, 6) is 0.513. The van der Waals surface area contributed by atoms with Crippen molar-refractivity contribution in [1.82, 2.24) is 9.97 Å². The van der Waals surface area contributed by atoms with Crippen LogP contribution in [0.25, 0.3) is 22.4 Å². The standard InChI is InChI=1S/C23H18FN3O/c24-15-11-9-14(10-12-15)17-13-18(17)23(28)27-19-6-2-1-5-16(19)22-25-20-7-3-4-8-21(20)26-22/h1-12,17-18H,13H2,(H,25,26)(H,27,28). The summed E-state index contributed by atoms with van der Waals surface area (Å²) in [7, 11) is 0. The third-order valence-electron chi connectivity index (χ3n) is 5.25. The summed E-state index contributed by atoms with van der Waals surface area (Å²) in [5.41, 5.74) is 4.43. The second-order valence-electron chi connectivity index (χ2n) is 7.14. The number of para-hydroxylation sites is 3. The number of halogens is 1. The molecule has 2 unspecified atom stereocenters. The molecule has 28 heavy (non-hydrogen) atoms. The molecule has 5 heteroatoms. The third kappa shape index (κ3) is 3.05. The van der Waals surface area contributed by atoms with Gasteiger partial charge in [-0.15, -0.1) is 0 Å². The number of hydrogen-bond donors (Lipinski definition) is 2. The molecule has 1 saturated carbocycles. The van der Waals surface area contributed by atoms with Gasteiger partial charge in [0.1, 0.15) is 11.6 Å². The van der Waals surface area contributed by atoms with Gasteiger partial charge in [-0.25, -0.2) is 9.37 Å². The quantitative estimate of drug-likeness (QED) is 0.524. The van der Waals surface area contributed by atoms with Crippen LogP contribution >= 0.6 is 0 Å². The molecule has 138 valence electrons. The Morgan fingerprint density at radius 2 is 1.75 bits per heavy atom. The SMILES string of the molecule is O=C(Nc1ccccc1-c1nc2ccccc2[nH]1)C1CC1c1ccc(F)cc1. The summed E-state index contributed by atoms with van der Waals surface area (Å²) >= 11 is 0. The van der Waals surface area contributed by atoms with Crippen molar-refractivity contribution in [3.05, 3.63) is 84.2 Å². The van der Waals surface area contributed by atoms with Crippen LogP contribution in [-0.2, 0) is 4.79 Å². The van der Waals surface area contributed by atoms with E-state index in [0.29, 0.717) is 0 Å². The summed E-state index contributed by atoms with van der Waals surface area (Å²) < 4.78 is 13.1. The number of nitrogens with one attached hydrogen (secondary N) is 2. The van der Waals surface area contributed by atoms with Crippen LogP contribution in [0.15, 0.2) is 72.8 Å². The zero-order valence-electron chi connectivity index (χ0n) is 15.0. The number of carbonyl (C=O) groups is 1. The molecule has 3 aromatic carbocycles. The summed E-state index contributed by atoms with van der Waals surface area (Å²) in [6, 6.07) is 21.9. The van der Waals surface area contributed by atoms with Gasteiger partial charge in [-0.3, -0.25) is 4.79 Å². The number of H-pyrrole nitrogens is 1. The van der Waals surface area contributed by atoms with Gasteiger partial charge < -0.3 is 10.3 Å². The van der Waals surface area contributed by atoms with E-state index < -0.39 is 0 Å². The number of aromatic nitrogens is 2. The van der Waals surface area contributed by atoms with Crippen LogP contribution in [-0.4, -0.2) is 15.9 Å². The van der Waals surface area contributed by atoms with E-state index in [1.165, 1.54) is 12.1 Å². The first-order valence-electron chi connectivity index (χ1n) is 9.29. The second-order valence-corrected chi connectivity index (χ2v) is 7.14. The van der Waals surface area contributed by atoms with Gasteiger partial charge in [0.05, 0.1) is 16.7 Å². The first-order valence-corrected chi connectivity index (χ1v) is 9.29. The minimum absolute atomic E-state index is 0.0158. The lowest BCUT2D eigenvalue weighted by Gasteiger charge is -2.09. The third-order valence-corrected chi connectivity index (χ3v) is 5.25. The maximum Gasteiger partial charge on any atom is 0.228 e. The van der Waals surface area contributed by atoms with Crippen molar-refractivity contribution in [2.75, 3.05) is 5.32 Å². The molecule has 0 radical (unpaired) electrons. The molecular formula is C23H18FN3O. The van der Waals surface area contributed by atoms with Crippen molar-refractivity contribution in [1.29, 1.82) is 0 Å². The van der Waals surface area contributed by atoms with Crippen molar-refractivity contribution < 1.29 is 9.18 Å². The Bertz CT molecular complexity index is 1130. The van der Waals surface area contributed by atoms with Crippen LogP contribution in [0.5, 0.6) is 0 Å². The normalized spacial score (nSPS) is 18.2. The Morgan fingerprint density at radius 3 is 2.57 bits per heavy atom. The highest BCUT2D eigenvalue weighted by Crippen LogP contribution is 2.48. The molecule has 1 aliphatic rings. The number of aromatic amines is 1. The fourth-order valence-electron chi connectivity index (χ4n) is 3.67. The Balaban J connectivity index is 1.37. The highest BCUT2D eigenvalue weighted by atomic mass is 19.1. The largest absolute Gasteiger partial charge is 0.338 e. The molecule has 1 aromatic heterocycles. The highest BCUT2D eigenvalue weighted by Gasteiger charge is 2.44. The molecule has 5 rings (SSSR count). The Labute approximate surface area is 161 Å². The number of carbonyl (C=O) groups excluding carboxylic acids is 1. The number of anilines is 1. The van der Waals surface area contributed by atoms with E-state index in [4.69, 9.17) is 0 Å².